The average molecular weight is 374 g/mol. The fourth-order valence-electron chi connectivity index (χ4n) is 3.06. The molecular weight excluding hydrogens is 348 g/mol. The first-order chi connectivity index (χ1) is 13.1. The summed E-state index contributed by atoms with van der Waals surface area (Å²) in [6.45, 7) is 7.20. The van der Waals surface area contributed by atoms with Gasteiger partial charge in [-0.25, -0.2) is 4.68 Å². The monoisotopic (exact) mass is 374 g/mol. The second kappa shape index (κ2) is 9.03. The molecule has 0 unspecified atom stereocenters. The van der Waals surface area contributed by atoms with E-state index in [9.17, 15) is 4.79 Å². The van der Waals surface area contributed by atoms with E-state index in [0.717, 1.165) is 16.8 Å². The summed E-state index contributed by atoms with van der Waals surface area (Å²) in [5, 5.41) is 14.8. The van der Waals surface area contributed by atoms with E-state index in [-0.39, 0.29) is 12.0 Å². The van der Waals surface area contributed by atoms with Crippen LogP contribution in [0.1, 0.15) is 23.1 Å². The normalized spacial score (nSPS) is 17.8. The Bertz CT molecular complexity index is 778. The molecule has 1 saturated heterocycles. The molecule has 0 saturated carbocycles. The van der Waals surface area contributed by atoms with Crippen molar-refractivity contribution in [2.45, 2.75) is 26.5 Å². The maximum atomic E-state index is 12.5. The number of rotatable bonds is 7. The van der Waals surface area contributed by atoms with Crippen LogP contribution in [0.15, 0.2) is 18.2 Å². The Balaban J connectivity index is 1.59. The van der Waals surface area contributed by atoms with E-state index >= 15 is 0 Å². The highest BCUT2D eigenvalue weighted by molar-refractivity contribution is 5.93. The molecule has 1 N–H and O–H groups in total. The molecule has 27 heavy (non-hydrogen) atoms. The molecule has 0 aliphatic carbocycles. The highest BCUT2D eigenvalue weighted by atomic mass is 16.5. The van der Waals surface area contributed by atoms with Gasteiger partial charge >= 0.3 is 0 Å². The number of anilines is 1. The van der Waals surface area contributed by atoms with Gasteiger partial charge in [0, 0.05) is 25.9 Å². The molecule has 1 aromatic heterocycles. The molecule has 1 atom stereocenters. The molecule has 9 nitrogen and oxygen atoms in total. The van der Waals surface area contributed by atoms with Crippen molar-refractivity contribution in [3.8, 4) is 0 Å². The van der Waals surface area contributed by atoms with Gasteiger partial charge in [0.05, 0.1) is 26.3 Å². The fraction of sp³-hybridized carbons (Fsp3) is 0.556. The van der Waals surface area contributed by atoms with Crippen molar-refractivity contribution in [3.05, 3.63) is 35.2 Å². The molecule has 2 heterocycles. The lowest BCUT2D eigenvalue weighted by Crippen LogP contribution is -2.43. The summed E-state index contributed by atoms with van der Waals surface area (Å²) in [5.41, 5.74) is 3.10. The minimum atomic E-state index is -0.265. The fourth-order valence-corrected chi connectivity index (χ4v) is 3.06. The smallest absolute Gasteiger partial charge is 0.238 e. The van der Waals surface area contributed by atoms with Crippen LogP contribution in [0.3, 0.4) is 0 Å². The maximum absolute atomic E-state index is 12.5. The largest absolute Gasteiger partial charge is 0.383 e. The van der Waals surface area contributed by atoms with E-state index in [1.54, 1.807) is 11.8 Å². The third kappa shape index (κ3) is 4.88. The number of methoxy groups -OCH3 is 1. The van der Waals surface area contributed by atoms with E-state index in [4.69, 9.17) is 9.47 Å². The van der Waals surface area contributed by atoms with Crippen molar-refractivity contribution in [2.24, 2.45) is 0 Å². The van der Waals surface area contributed by atoms with Crippen molar-refractivity contribution in [2.75, 3.05) is 45.3 Å². The van der Waals surface area contributed by atoms with Gasteiger partial charge in [0.2, 0.25) is 5.91 Å². The molecule has 1 aliphatic rings. The van der Waals surface area contributed by atoms with E-state index in [0.29, 0.717) is 45.2 Å². The van der Waals surface area contributed by atoms with E-state index < -0.39 is 0 Å². The molecule has 1 aliphatic heterocycles. The number of hydrogen-bond acceptors (Lipinski definition) is 7. The van der Waals surface area contributed by atoms with Crippen LogP contribution in [-0.2, 0) is 20.8 Å². The predicted octanol–water partition coefficient (Wildman–Crippen LogP) is 0.948. The number of carbonyl (C=O) groups is 1. The summed E-state index contributed by atoms with van der Waals surface area (Å²) in [5.74, 6) is 0.620. The first-order valence-corrected chi connectivity index (χ1v) is 9.03. The number of hydrogen-bond donors (Lipinski definition) is 1. The van der Waals surface area contributed by atoms with E-state index in [1.807, 2.05) is 32.0 Å². The number of aryl methyl sites for hydroxylation is 1. The van der Waals surface area contributed by atoms with Crippen LogP contribution in [0.2, 0.25) is 0 Å². The number of carbonyl (C=O) groups excluding carboxylic acids is 1. The van der Waals surface area contributed by atoms with Gasteiger partial charge in [-0.05, 0) is 41.5 Å². The number of tetrazole rings is 1. The number of aromatic nitrogens is 4. The van der Waals surface area contributed by atoms with Crippen molar-refractivity contribution in [3.63, 3.8) is 0 Å². The van der Waals surface area contributed by atoms with Gasteiger partial charge in [-0.3, -0.25) is 9.69 Å². The van der Waals surface area contributed by atoms with Gasteiger partial charge in [0.25, 0.3) is 0 Å². The number of nitrogens with zero attached hydrogens (tertiary/aromatic N) is 5. The lowest BCUT2D eigenvalue weighted by Gasteiger charge is -2.31. The number of ether oxygens (including phenoxy) is 2. The van der Waals surface area contributed by atoms with Crippen LogP contribution in [-0.4, -0.2) is 71.0 Å². The van der Waals surface area contributed by atoms with Gasteiger partial charge in [0.15, 0.2) is 5.82 Å². The number of amides is 1. The zero-order valence-electron chi connectivity index (χ0n) is 16.0. The van der Waals surface area contributed by atoms with Crippen LogP contribution in [0.4, 0.5) is 5.69 Å². The molecule has 3 rings (SSSR count). The summed E-state index contributed by atoms with van der Waals surface area (Å²) in [6, 6.07) is 5.90. The van der Waals surface area contributed by atoms with Crippen LogP contribution in [0, 0.1) is 13.8 Å². The van der Waals surface area contributed by atoms with E-state index in [1.165, 1.54) is 0 Å². The molecule has 146 valence electrons. The summed E-state index contributed by atoms with van der Waals surface area (Å²) in [7, 11) is 1.64. The maximum Gasteiger partial charge on any atom is 0.238 e. The third-order valence-corrected chi connectivity index (χ3v) is 4.75. The second-order valence-corrected chi connectivity index (χ2v) is 6.64. The summed E-state index contributed by atoms with van der Waals surface area (Å²) < 4.78 is 12.6. The first-order valence-electron chi connectivity index (χ1n) is 9.03. The van der Waals surface area contributed by atoms with Gasteiger partial charge in [-0.15, -0.1) is 5.10 Å². The molecule has 1 fully saturated rings. The van der Waals surface area contributed by atoms with Gasteiger partial charge in [-0.1, -0.05) is 12.1 Å². The van der Waals surface area contributed by atoms with Crippen LogP contribution >= 0.6 is 0 Å². The molecule has 0 bridgehead atoms. The minimum Gasteiger partial charge on any atom is -0.383 e. The average Bonchev–Trinajstić information content (AvgIpc) is 3.12. The van der Waals surface area contributed by atoms with Crippen molar-refractivity contribution in [1.29, 1.82) is 0 Å². The van der Waals surface area contributed by atoms with Gasteiger partial charge in [0.1, 0.15) is 6.10 Å². The lowest BCUT2D eigenvalue weighted by atomic mass is 10.1. The summed E-state index contributed by atoms with van der Waals surface area (Å²) >= 11 is 0. The Morgan fingerprint density at radius 1 is 1.41 bits per heavy atom. The highest BCUT2D eigenvalue weighted by Crippen LogP contribution is 2.21. The number of morpholine rings is 1. The van der Waals surface area contributed by atoms with Gasteiger partial charge in [-0.2, -0.15) is 0 Å². The predicted molar refractivity (Wildman–Crippen MR) is 99.4 cm³/mol. The molecule has 0 spiro atoms. The zero-order valence-corrected chi connectivity index (χ0v) is 16.0. The van der Waals surface area contributed by atoms with Crippen molar-refractivity contribution < 1.29 is 14.3 Å². The van der Waals surface area contributed by atoms with E-state index in [2.05, 4.69) is 25.7 Å². The SMILES string of the molecule is COCCn1nnnc1[C@@H]1CN(CC(=O)Nc2cccc(C)c2C)CCO1. The Kier molecular flexibility index (Phi) is 6.49. The number of nitrogens with one attached hydrogen (secondary N) is 1. The molecule has 9 heteroatoms. The molecule has 1 amide bonds. The molecular formula is C18H26N6O3. The minimum absolute atomic E-state index is 0.0386. The van der Waals surface area contributed by atoms with Crippen LogP contribution in [0.5, 0.6) is 0 Å². The van der Waals surface area contributed by atoms with Crippen molar-refractivity contribution in [1.82, 2.24) is 25.1 Å². The zero-order chi connectivity index (χ0) is 19.2. The number of benzene rings is 1. The molecule has 1 aromatic carbocycles. The Hall–Kier alpha value is -2.36. The summed E-state index contributed by atoms with van der Waals surface area (Å²) in [6.07, 6.45) is -0.265. The molecule has 2 aromatic rings. The third-order valence-electron chi connectivity index (χ3n) is 4.75. The lowest BCUT2D eigenvalue weighted by molar-refractivity contribution is -0.119. The second-order valence-electron chi connectivity index (χ2n) is 6.64. The van der Waals surface area contributed by atoms with Gasteiger partial charge < -0.3 is 14.8 Å². The van der Waals surface area contributed by atoms with Crippen LogP contribution < -0.4 is 5.32 Å². The summed E-state index contributed by atoms with van der Waals surface area (Å²) in [4.78, 5) is 14.5. The van der Waals surface area contributed by atoms with Crippen molar-refractivity contribution >= 4 is 11.6 Å². The quantitative estimate of drug-likeness (QED) is 0.771. The van der Waals surface area contributed by atoms with Crippen LogP contribution in [0.25, 0.3) is 0 Å². The topological polar surface area (TPSA) is 94.4 Å². The standard InChI is InChI=1S/C18H26N6O3/c1-13-5-4-6-15(14(13)2)19-17(25)12-23-7-10-27-16(11-23)18-20-21-22-24(18)8-9-26-3/h4-6,16H,7-12H2,1-3H3,(H,19,25)/t16-/m0/s1. The Morgan fingerprint density at radius 2 is 2.26 bits per heavy atom. The highest BCUT2D eigenvalue weighted by Gasteiger charge is 2.27. The Labute approximate surface area is 158 Å². The molecule has 0 radical (unpaired) electrons. The first kappa shape index (κ1) is 19.4. The Morgan fingerprint density at radius 3 is 3.07 bits per heavy atom.